The summed E-state index contributed by atoms with van der Waals surface area (Å²) < 4.78 is 9.82. The molecule has 27 heavy (non-hydrogen) atoms. The van der Waals surface area contributed by atoms with E-state index >= 15 is 0 Å². The molecule has 3 aromatic rings. The van der Waals surface area contributed by atoms with Gasteiger partial charge in [0.1, 0.15) is 11.6 Å². The predicted octanol–water partition coefficient (Wildman–Crippen LogP) is 4.41. The Morgan fingerprint density at radius 2 is 1.74 bits per heavy atom. The van der Waals surface area contributed by atoms with E-state index in [9.17, 15) is 4.79 Å². The van der Waals surface area contributed by atoms with Gasteiger partial charge >= 0.3 is 5.97 Å². The highest BCUT2D eigenvalue weighted by Crippen LogP contribution is 2.28. The molecule has 0 aliphatic carbocycles. The topological polar surface area (TPSA) is 85.4 Å². The van der Waals surface area contributed by atoms with Gasteiger partial charge in [-0.25, -0.2) is 9.78 Å². The van der Waals surface area contributed by atoms with Gasteiger partial charge in [-0.15, -0.1) is 0 Å². The first-order chi connectivity index (χ1) is 13.1. The zero-order valence-electron chi connectivity index (χ0n) is 14.7. The maximum atomic E-state index is 11.5. The number of nitrogens with one attached hydrogen (secondary N) is 2. The molecule has 0 aliphatic rings. The Morgan fingerprint density at radius 3 is 2.41 bits per heavy atom. The highest BCUT2D eigenvalue weighted by molar-refractivity contribution is 6.32. The number of hydrogen-bond donors (Lipinski definition) is 2. The highest BCUT2D eigenvalue weighted by atomic mass is 35.5. The standard InChI is InChI=1S/C19H17ClN4O3/c1-26-16-8-7-14(11-15(16)20)22-17-9-10-21-19(24-17)23-13-5-3-12(4-6-13)18(25)27-2/h3-11H,1-2H3,(H2,21,22,23,24). The maximum absolute atomic E-state index is 11.5. The van der Waals surface area contributed by atoms with Crippen LogP contribution in [0.1, 0.15) is 10.4 Å². The van der Waals surface area contributed by atoms with E-state index in [4.69, 9.17) is 16.3 Å². The van der Waals surface area contributed by atoms with E-state index in [2.05, 4.69) is 25.3 Å². The first kappa shape index (κ1) is 18.5. The molecule has 138 valence electrons. The largest absolute Gasteiger partial charge is 0.495 e. The van der Waals surface area contributed by atoms with Crippen molar-refractivity contribution in [1.82, 2.24) is 9.97 Å². The lowest BCUT2D eigenvalue weighted by molar-refractivity contribution is 0.0601. The molecule has 2 N–H and O–H groups in total. The Hall–Kier alpha value is -3.32. The molecule has 2 aromatic carbocycles. The molecule has 0 unspecified atom stereocenters. The predicted molar refractivity (Wildman–Crippen MR) is 104 cm³/mol. The molecule has 3 rings (SSSR count). The smallest absolute Gasteiger partial charge is 0.337 e. The van der Waals surface area contributed by atoms with Crippen LogP contribution in [0, 0.1) is 0 Å². The van der Waals surface area contributed by atoms with Gasteiger partial charge in [0.2, 0.25) is 5.95 Å². The van der Waals surface area contributed by atoms with Crippen LogP contribution in [0.15, 0.2) is 54.7 Å². The molecule has 0 fully saturated rings. The maximum Gasteiger partial charge on any atom is 0.337 e. The molecule has 0 radical (unpaired) electrons. The van der Waals surface area contributed by atoms with Crippen LogP contribution in [0.4, 0.5) is 23.1 Å². The van der Waals surface area contributed by atoms with E-state index in [1.165, 1.54) is 7.11 Å². The molecule has 0 amide bonds. The van der Waals surface area contributed by atoms with Crippen LogP contribution >= 0.6 is 11.6 Å². The number of halogens is 1. The summed E-state index contributed by atoms with van der Waals surface area (Å²) in [7, 11) is 2.91. The third-order valence-corrected chi connectivity index (χ3v) is 3.94. The van der Waals surface area contributed by atoms with Crippen molar-refractivity contribution >= 4 is 40.7 Å². The quantitative estimate of drug-likeness (QED) is 0.608. The molecule has 7 nitrogen and oxygen atoms in total. The van der Waals surface area contributed by atoms with Crippen molar-refractivity contribution in [3.63, 3.8) is 0 Å². The average molecular weight is 385 g/mol. The molecule has 8 heteroatoms. The highest BCUT2D eigenvalue weighted by Gasteiger charge is 2.06. The fraction of sp³-hybridized carbons (Fsp3) is 0.105. The van der Waals surface area contributed by atoms with E-state index in [0.29, 0.717) is 28.1 Å². The second-order valence-electron chi connectivity index (χ2n) is 5.43. The third-order valence-electron chi connectivity index (χ3n) is 3.64. The summed E-state index contributed by atoms with van der Waals surface area (Å²) in [6.07, 6.45) is 1.63. The van der Waals surface area contributed by atoms with Crippen molar-refractivity contribution < 1.29 is 14.3 Å². The zero-order valence-corrected chi connectivity index (χ0v) is 15.4. The van der Waals surface area contributed by atoms with E-state index < -0.39 is 0 Å². The Kier molecular flexibility index (Phi) is 5.73. The minimum absolute atomic E-state index is 0.387. The van der Waals surface area contributed by atoms with E-state index in [1.54, 1.807) is 55.8 Å². The summed E-state index contributed by atoms with van der Waals surface area (Å²) in [6.45, 7) is 0. The van der Waals surface area contributed by atoms with Crippen LogP contribution in [0.3, 0.4) is 0 Å². The Morgan fingerprint density at radius 1 is 1.00 bits per heavy atom. The monoisotopic (exact) mass is 384 g/mol. The van der Waals surface area contributed by atoms with Crippen LogP contribution in [0.2, 0.25) is 5.02 Å². The van der Waals surface area contributed by atoms with Crippen molar-refractivity contribution in [1.29, 1.82) is 0 Å². The van der Waals surface area contributed by atoms with Gasteiger partial charge in [0.15, 0.2) is 0 Å². The number of esters is 1. The summed E-state index contributed by atoms with van der Waals surface area (Å²) in [5.74, 6) is 1.22. The molecular weight excluding hydrogens is 368 g/mol. The number of methoxy groups -OCH3 is 2. The van der Waals surface area contributed by atoms with Gasteiger partial charge in [0, 0.05) is 17.6 Å². The van der Waals surface area contributed by atoms with Crippen LogP contribution in [-0.4, -0.2) is 30.2 Å². The summed E-state index contributed by atoms with van der Waals surface area (Å²) in [5.41, 5.74) is 1.98. The van der Waals surface area contributed by atoms with Gasteiger partial charge in [0.25, 0.3) is 0 Å². The summed E-state index contributed by atoms with van der Waals surface area (Å²) in [6, 6.07) is 13.9. The van der Waals surface area contributed by atoms with Gasteiger partial charge in [-0.2, -0.15) is 4.98 Å². The van der Waals surface area contributed by atoms with Crippen molar-refractivity contribution in [2.24, 2.45) is 0 Å². The summed E-state index contributed by atoms with van der Waals surface area (Å²) in [4.78, 5) is 20.1. The molecule has 0 bridgehead atoms. The fourth-order valence-electron chi connectivity index (χ4n) is 2.32. The fourth-order valence-corrected chi connectivity index (χ4v) is 2.57. The number of benzene rings is 2. The van der Waals surface area contributed by atoms with Gasteiger partial charge in [-0.05, 0) is 48.5 Å². The third kappa shape index (κ3) is 4.65. The molecule has 0 aliphatic heterocycles. The van der Waals surface area contributed by atoms with Gasteiger partial charge < -0.3 is 20.1 Å². The van der Waals surface area contributed by atoms with Gasteiger partial charge in [0.05, 0.1) is 24.8 Å². The Labute approximate surface area is 161 Å². The lowest BCUT2D eigenvalue weighted by atomic mass is 10.2. The second-order valence-corrected chi connectivity index (χ2v) is 5.84. The molecule has 0 saturated carbocycles. The van der Waals surface area contributed by atoms with Crippen molar-refractivity contribution in [3.8, 4) is 5.75 Å². The molecular formula is C19H17ClN4O3. The number of carbonyl (C=O) groups is 1. The van der Waals surface area contributed by atoms with Crippen LogP contribution in [-0.2, 0) is 4.74 Å². The number of anilines is 4. The van der Waals surface area contributed by atoms with Crippen molar-refractivity contribution in [2.45, 2.75) is 0 Å². The van der Waals surface area contributed by atoms with Crippen molar-refractivity contribution in [2.75, 3.05) is 24.9 Å². The van der Waals surface area contributed by atoms with E-state index in [1.807, 2.05) is 6.07 Å². The molecule has 1 heterocycles. The van der Waals surface area contributed by atoms with E-state index in [0.717, 1.165) is 11.4 Å². The Bertz CT molecular complexity index is 948. The first-order valence-corrected chi connectivity index (χ1v) is 8.36. The Balaban J connectivity index is 1.72. The average Bonchev–Trinajstić information content (AvgIpc) is 2.68. The normalized spacial score (nSPS) is 10.2. The zero-order chi connectivity index (χ0) is 19.2. The minimum Gasteiger partial charge on any atom is -0.495 e. The first-order valence-electron chi connectivity index (χ1n) is 7.98. The molecule has 0 spiro atoms. The number of aromatic nitrogens is 2. The summed E-state index contributed by atoms with van der Waals surface area (Å²) in [5, 5.41) is 6.75. The lowest BCUT2D eigenvalue weighted by Gasteiger charge is -2.10. The number of rotatable bonds is 6. The SMILES string of the molecule is COC(=O)c1ccc(Nc2nccc(Nc3ccc(OC)c(Cl)c3)n2)cc1. The van der Waals surface area contributed by atoms with E-state index in [-0.39, 0.29) is 5.97 Å². The second kappa shape index (κ2) is 8.37. The van der Waals surface area contributed by atoms with Crippen LogP contribution in [0.25, 0.3) is 0 Å². The summed E-state index contributed by atoms with van der Waals surface area (Å²) >= 11 is 6.14. The van der Waals surface area contributed by atoms with Gasteiger partial charge in [-0.3, -0.25) is 0 Å². The minimum atomic E-state index is -0.387. The van der Waals surface area contributed by atoms with Crippen molar-refractivity contribution in [3.05, 3.63) is 65.3 Å². The number of nitrogens with zero attached hydrogens (tertiary/aromatic N) is 2. The van der Waals surface area contributed by atoms with Crippen LogP contribution < -0.4 is 15.4 Å². The number of hydrogen-bond acceptors (Lipinski definition) is 7. The number of ether oxygens (including phenoxy) is 2. The van der Waals surface area contributed by atoms with Crippen LogP contribution in [0.5, 0.6) is 5.75 Å². The number of carbonyl (C=O) groups excluding carboxylic acids is 1. The molecule has 1 aromatic heterocycles. The molecule has 0 atom stereocenters. The lowest BCUT2D eigenvalue weighted by Crippen LogP contribution is -2.02. The van der Waals surface area contributed by atoms with Gasteiger partial charge in [-0.1, -0.05) is 11.6 Å². The molecule has 0 saturated heterocycles.